The van der Waals surface area contributed by atoms with Crippen molar-refractivity contribution in [1.29, 1.82) is 0 Å². The molecule has 7 heterocycles. The number of anilines is 1. The van der Waals surface area contributed by atoms with Crippen LogP contribution in [0.1, 0.15) is 92.8 Å². The Balaban J connectivity index is 0.000000134. The Labute approximate surface area is 753 Å². The van der Waals surface area contributed by atoms with Gasteiger partial charge in [0.05, 0.1) is 50.5 Å². The molecule has 1 aliphatic rings. The maximum Gasteiger partial charge on any atom is 0.416 e. The number of aryl methyl sites for hydroxylation is 2. The second kappa shape index (κ2) is 41.3. The molecule has 10 aromatic carbocycles. The first-order valence-electron chi connectivity index (χ1n) is 40.4. The molecule has 132 heavy (non-hydrogen) atoms. The number of nitrogens with one attached hydrogen (secondary N) is 6. The molecule has 18 rings (SSSR count). The topological polar surface area (TPSA) is 445 Å². The molecule has 666 valence electrons. The number of alkyl halides is 3. The Morgan fingerprint density at radius 1 is 0.515 bits per heavy atom. The molecule has 0 unspecified atom stereocenters. The van der Waals surface area contributed by atoms with E-state index in [1.54, 1.807) is 121 Å². The number of benzene rings is 10. The summed E-state index contributed by atoms with van der Waals surface area (Å²) in [6.45, 7) is 2.94. The predicted molar refractivity (Wildman–Crippen MR) is 487 cm³/mol. The summed E-state index contributed by atoms with van der Waals surface area (Å²) in [7, 11) is 0. The smallest absolute Gasteiger partial charge is 0.388 e. The molecule has 4 amide bonds. The van der Waals surface area contributed by atoms with Gasteiger partial charge in [0.1, 0.15) is 29.7 Å². The number of hydrogen-bond donors (Lipinski definition) is 11. The van der Waals surface area contributed by atoms with Crippen LogP contribution in [0.4, 0.5) is 19.1 Å². The monoisotopic (exact) mass is 1820 g/mol. The van der Waals surface area contributed by atoms with Crippen LogP contribution in [0, 0.1) is 12.8 Å². The van der Waals surface area contributed by atoms with E-state index < -0.39 is 53.3 Å². The van der Waals surface area contributed by atoms with Gasteiger partial charge >= 0.3 is 6.18 Å². The summed E-state index contributed by atoms with van der Waals surface area (Å²) < 4.78 is 50.2. The van der Waals surface area contributed by atoms with Crippen molar-refractivity contribution < 1.29 is 67.6 Å². The Bertz CT molecular complexity index is 7550. The summed E-state index contributed by atoms with van der Waals surface area (Å²) in [6, 6.07) is 69.4. The second-order valence-electron chi connectivity index (χ2n) is 29.9. The number of aliphatic hydroxyl groups excluding tert-OH is 1. The van der Waals surface area contributed by atoms with Crippen LogP contribution >= 0.6 is 23.2 Å². The number of H-pyrrole nitrogens is 1. The highest BCUT2D eigenvalue weighted by Gasteiger charge is 2.31. The van der Waals surface area contributed by atoms with Gasteiger partial charge in [0.25, 0.3) is 51.4 Å². The molecule has 0 bridgehead atoms. The zero-order valence-electron chi connectivity index (χ0n) is 69.4. The van der Waals surface area contributed by atoms with E-state index in [1.165, 1.54) is 90.2 Å². The lowest BCUT2D eigenvalue weighted by Gasteiger charge is -2.15. The molecule has 7 aromatic heterocycles. The highest BCUT2D eigenvalue weighted by molar-refractivity contribution is 6.31. The number of aliphatic hydroxyl groups is 1. The number of carbonyl (C=O) groups is 5. The number of hydroxylamine groups is 4. The molecule has 1 fully saturated rings. The third-order valence-electron chi connectivity index (χ3n) is 21.2. The fourth-order valence-electron chi connectivity index (χ4n) is 14.1. The lowest BCUT2D eigenvalue weighted by molar-refractivity contribution is -0.137. The van der Waals surface area contributed by atoms with Crippen molar-refractivity contribution in [3.05, 3.63) is 391 Å². The van der Waals surface area contributed by atoms with Gasteiger partial charge in [-0.3, -0.25) is 78.3 Å². The SMILES string of the molecule is Cc1onc(-c2ccccc2)c1Cn1ccc2ccc(C(=O)NO)cc2c1=O.O=C(CO)c1ccc2c(=O)[nH]c(-c3cccc(C(F)(F)F)c3)nc2c1.O=C(NO)c1ccc2c(=O)n(-c3ccc(Cl)cc3)c(NCc3ccc(Cl)cc3)nc2c1.O=C(NO)c1ccc2c(=O)n(CCc3ccccn3)c(-c3ccccc3)nc2c1.O=C(NO)c1ccc2ccn(CC3CC3)c(=O)c2c1. The van der Waals surface area contributed by atoms with Crippen molar-refractivity contribution >= 4 is 113 Å². The van der Waals surface area contributed by atoms with Crippen molar-refractivity contribution in [2.75, 3.05) is 11.9 Å². The summed E-state index contributed by atoms with van der Waals surface area (Å²) in [5.74, 6) is -1.18. The molecule has 0 spiro atoms. The molecule has 11 N–H and O–H groups in total. The van der Waals surface area contributed by atoms with Crippen LogP contribution in [0.3, 0.4) is 0 Å². The van der Waals surface area contributed by atoms with Gasteiger partial charge in [0, 0.05) is 121 Å². The van der Waals surface area contributed by atoms with Crippen LogP contribution in [0.15, 0.2) is 302 Å². The molecule has 1 saturated carbocycles. The van der Waals surface area contributed by atoms with Gasteiger partial charge in [-0.2, -0.15) is 13.2 Å². The summed E-state index contributed by atoms with van der Waals surface area (Å²) in [5.41, 5.74) is 11.7. The molecular weight excluding hydrogens is 1750 g/mol. The van der Waals surface area contributed by atoms with Crippen LogP contribution < -0.4 is 55.0 Å². The number of ketones is 1. The minimum Gasteiger partial charge on any atom is -0.388 e. The average Bonchev–Trinajstić information content (AvgIpc) is 1.14. The van der Waals surface area contributed by atoms with Crippen LogP contribution in [0.5, 0.6) is 0 Å². The van der Waals surface area contributed by atoms with E-state index in [0.717, 1.165) is 52.0 Å². The van der Waals surface area contributed by atoms with Crippen molar-refractivity contribution in [3.63, 3.8) is 0 Å². The Morgan fingerprint density at radius 2 is 1.03 bits per heavy atom. The first-order chi connectivity index (χ1) is 63.7. The number of nitrogens with zero attached hydrogens (tertiary/aromatic N) is 9. The lowest BCUT2D eigenvalue weighted by atomic mass is 10.1. The van der Waals surface area contributed by atoms with Gasteiger partial charge in [-0.1, -0.05) is 138 Å². The molecule has 36 heteroatoms. The van der Waals surface area contributed by atoms with Gasteiger partial charge in [0.15, 0.2) is 5.78 Å². The van der Waals surface area contributed by atoms with Crippen LogP contribution in [-0.4, -0.2) is 110 Å². The Kier molecular flexibility index (Phi) is 28.9. The van der Waals surface area contributed by atoms with Gasteiger partial charge in [0.2, 0.25) is 5.95 Å². The fraction of sp³-hybridized carbons (Fsp3) is 0.115. The molecular formula is C96H76Cl2F3N15O16. The standard InChI is InChI=1S/C22H16Cl2N4O3.C22H18N4O3.C21H17N3O4.C17H11F3N2O3.C14H14N2O3/c23-15-4-1-13(2-5-15)12-25-22-26-19-11-14(20(29)27-31)3-10-18(19)21(30)28(22)17-8-6-16(24)7-9-17;27-21(25-29)16-9-10-18-19(14-16)24-20(15-6-2-1-3-7-15)26(22(18)28)13-11-17-8-4-5-12-23-17;1-13-18(19(23-28-13)15-5-3-2-4-6-15)12-24-10-9-14-7-8-16(20(25)22-27)11-17(14)21(24)26;18-17(19,20)11-3-1-2-10(6-11)15-21-13-7-9(14(24)8-23)4-5-12(13)16(25)22-15;17-13(15-19)11-4-3-10-5-6-16(8-9-1-2-9)14(18)12(10)7-11/h1-11,31H,12H2,(H,25,26)(H,27,29);1-10,12,14,29H,11,13H2,(H,25,27);2-11,27H,12H2,1H3,(H,22,25);1-7,23H,8H2,(H,21,22,25);3-7,9,19H,1-2,8H2,(H,15,17). The normalized spacial score (nSPS) is 11.5. The Morgan fingerprint density at radius 3 is 1.61 bits per heavy atom. The van der Waals surface area contributed by atoms with Crippen LogP contribution in [0.25, 0.3) is 94.0 Å². The molecule has 0 radical (unpaired) electrons. The third-order valence-corrected chi connectivity index (χ3v) is 21.7. The van der Waals surface area contributed by atoms with Crippen molar-refractivity contribution in [1.82, 2.24) is 70.3 Å². The van der Waals surface area contributed by atoms with Crippen LogP contribution in [0.2, 0.25) is 10.0 Å². The summed E-state index contributed by atoms with van der Waals surface area (Å²) in [6.07, 6.45) is 3.65. The van der Waals surface area contributed by atoms with Gasteiger partial charge in [-0.25, -0.2) is 41.4 Å². The van der Waals surface area contributed by atoms with E-state index in [1.807, 2.05) is 110 Å². The highest BCUT2D eigenvalue weighted by Crippen LogP contribution is 2.34. The highest BCUT2D eigenvalue weighted by atomic mass is 35.5. The summed E-state index contributed by atoms with van der Waals surface area (Å²) in [5, 5.41) is 55.9. The average molecular weight is 1820 g/mol. The van der Waals surface area contributed by atoms with E-state index in [-0.39, 0.29) is 84.8 Å². The third kappa shape index (κ3) is 21.7. The van der Waals surface area contributed by atoms with E-state index in [9.17, 15) is 61.1 Å². The zero-order valence-corrected chi connectivity index (χ0v) is 70.9. The zero-order chi connectivity index (χ0) is 93.4. The number of amides is 4. The first-order valence-corrected chi connectivity index (χ1v) is 41.2. The van der Waals surface area contributed by atoms with E-state index >= 15 is 0 Å². The minimum atomic E-state index is -4.52. The van der Waals surface area contributed by atoms with E-state index in [0.29, 0.717) is 96.4 Å². The molecule has 1 aliphatic carbocycles. The molecule has 0 saturated heterocycles. The maximum atomic E-state index is 13.3. The molecule has 17 aromatic rings. The number of halogens is 5. The predicted octanol–water partition coefficient (Wildman–Crippen LogP) is 14.7. The van der Waals surface area contributed by atoms with Crippen molar-refractivity contribution in [2.24, 2.45) is 5.92 Å². The summed E-state index contributed by atoms with van der Waals surface area (Å²) in [4.78, 5) is 142. The fourth-order valence-corrected chi connectivity index (χ4v) is 14.4. The Hall–Kier alpha value is -16.1. The number of aromatic amines is 1. The first kappa shape index (κ1) is 92.1. The number of fused-ring (bicyclic) bond motifs is 5. The molecule has 0 atom stereocenters. The van der Waals surface area contributed by atoms with Crippen molar-refractivity contribution in [3.8, 4) is 39.7 Å². The molecule has 0 aliphatic heterocycles. The summed E-state index contributed by atoms with van der Waals surface area (Å²) >= 11 is 11.9. The quantitative estimate of drug-likeness (QED) is 0.0192. The van der Waals surface area contributed by atoms with Gasteiger partial charge in [-0.15, -0.1) is 0 Å². The van der Waals surface area contributed by atoms with Gasteiger partial charge in [-0.05, 0) is 188 Å². The van der Waals surface area contributed by atoms with E-state index in [4.69, 9.17) is 53.7 Å². The number of aromatic nitrogens is 10. The van der Waals surface area contributed by atoms with Gasteiger partial charge < -0.3 is 29.1 Å². The number of Topliss-reactive ketones (excluding diaryl/α,β-unsaturated/α-hetero) is 1. The van der Waals surface area contributed by atoms with Crippen LogP contribution in [-0.2, 0) is 38.8 Å². The van der Waals surface area contributed by atoms with E-state index in [2.05, 4.69) is 35.4 Å². The maximum absolute atomic E-state index is 13.3. The number of carbonyl (C=O) groups excluding carboxylic acids is 5. The lowest BCUT2D eigenvalue weighted by Crippen LogP contribution is -2.25. The second-order valence-corrected chi connectivity index (χ2v) is 30.8. The number of rotatable bonds is 20. The molecule has 31 nitrogen and oxygen atoms in total. The minimum absolute atomic E-state index is 0.0443. The van der Waals surface area contributed by atoms with Crippen molar-refractivity contribution in [2.45, 2.75) is 58.5 Å². The number of pyridine rings is 3. The largest absolute Gasteiger partial charge is 0.416 e. The number of hydrogen-bond acceptors (Lipinski definition) is 22.